The Labute approximate surface area is 154 Å². The van der Waals surface area contributed by atoms with Gasteiger partial charge in [0.05, 0.1) is 12.7 Å². The quantitative estimate of drug-likeness (QED) is 0.741. The SMILES string of the molecule is CCOC1CC(NC(=O)c2cccc(OCC(C)C)c2)(C(=O)O)C1(C)C. The Morgan fingerprint density at radius 2 is 2.04 bits per heavy atom. The smallest absolute Gasteiger partial charge is 0.330 e. The maximum Gasteiger partial charge on any atom is 0.330 e. The van der Waals surface area contributed by atoms with E-state index in [9.17, 15) is 14.7 Å². The summed E-state index contributed by atoms with van der Waals surface area (Å²) in [6.45, 7) is 10.6. The van der Waals surface area contributed by atoms with Gasteiger partial charge in [-0.3, -0.25) is 4.79 Å². The number of hydrogen-bond donors (Lipinski definition) is 2. The minimum absolute atomic E-state index is 0.204. The molecule has 1 aliphatic rings. The van der Waals surface area contributed by atoms with Crippen molar-refractivity contribution in [1.29, 1.82) is 0 Å². The van der Waals surface area contributed by atoms with Crippen LogP contribution in [0.3, 0.4) is 0 Å². The molecule has 6 nitrogen and oxygen atoms in total. The summed E-state index contributed by atoms with van der Waals surface area (Å²) >= 11 is 0. The van der Waals surface area contributed by atoms with Crippen LogP contribution in [0.2, 0.25) is 0 Å². The van der Waals surface area contributed by atoms with Crippen LogP contribution in [0.25, 0.3) is 0 Å². The molecule has 2 N–H and O–H groups in total. The number of carbonyl (C=O) groups is 2. The van der Waals surface area contributed by atoms with Gasteiger partial charge in [0.15, 0.2) is 0 Å². The molecule has 0 aromatic heterocycles. The first kappa shape index (κ1) is 20.2. The summed E-state index contributed by atoms with van der Waals surface area (Å²) in [7, 11) is 0. The van der Waals surface area contributed by atoms with Gasteiger partial charge >= 0.3 is 5.97 Å². The summed E-state index contributed by atoms with van der Waals surface area (Å²) in [6.07, 6.45) is 0.0444. The number of nitrogens with one attached hydrogen (secondary N) is 1. The van der Waals surface area contributed by atoms with Crippen molar-refractivity contribution in [3.63, 3.8) is 0 Å². The van der Waals surface area contributed by atoms with E-state index < -0.39 is 22.8 Å². The summed E-state index contributed by atoms with van der Waals surface area (Å²) in [4.78, 5) is 24.7. The second kappa shape index (κ2) is 7.66. The number of hydrogen-bond acceptors (Lipinski definition) is 4. The van der Waals surface area contributed by atoms with Crippen LogP contribution >= 0.6 is 0 Å². The standard InChI is InChI=1S/C20H29NO5/c1-6-25-16-11-20(18(23)24,19(16,4)5)21-17(22)14-8-7-9-15(10-14)26-12-13(2)3/h7-10,13,16H,6,11-12H2,1-5H3,(H,21,22)(H,23,24). The molecule has 144 valence electrons. The Balaban J connectivity index is 2.17. The molecule has 2 atom stereocenters. The number of benzene rings is 1. The second-order valence-electron chi connectivity index (χ2n) is 7.77. The number of ether oxygens (including phenoxy) is 2. The molecule has 1 aromatic rings. The zero-order chi connectivity index (χ0) is 19.5. The number of amides is 1. The molecule has 2 unspecified atom stereocenters. The van der Waals surface area contributed by atoms with Crippen LogP contribution in [0.4, 0.5) is 0 Å². The highest BCUT2D eigenvalue weighted by Crippen LogP contribution is 2.51. The molecule has 0 heterocycles. The van der Waals surface area contributed by atoms with E-state index in [1.165, 1.54) is 0 Å². The van der Waals surface area contributed by atoms with Gasteiger partial charge in [-0.2, -0.15) is 0 Å². The van der Waals surface area contributed by atoms with E-state index in [-0.39, 0.29) is 12.5 Å². The van der Waals surface area contributed by atoms with Gasteiger partial charge in [0, 0.05) is 24.0 Å². The van der Waals surface area contributed by atoms with E-state index >= 15 is 0 Å². The molecule has 1 amide bonds. The van der Waals surface area contributed by atoms with E-state index in [2.05, 4.69) is 5.32 Å². The van der Waals surface area contributed by atoms with Crippen LogP contribution in [0, 0.1) is 11.3 Å². The summed E-state index contributed by atoms with van der Waals surface area (Å²) in [5.74, 6) is -0.505. The van der Waals surface area contributed by atoms with E-state index in [1.54, 1.807) is 24.3 Å². The third kappa shape index (κ3) is 3.70. The molecule has 1 saturated carbocycles. The molecule has 0 bridgehead atoms. The summed E-state index contributed by atoms with van der Waals surface area (Å²) in [5, 5.41) is 12.5. The summed E-state index contributed by atoms with van der Waals surface area (Å²) < 4.78 is 11.3. The first-order valence-electron chi connectivity index (χ1n) is 9.04. The Morgan fingerprint density at radius 1 is 1.35 bits per heavy atom. The van der Waals surface area contributed by atoms with Gasteiger partial charge in [0.25, 0.3) is 5.91 Å². The van der Waals surface area contributed by atoms with E-state index in [0.717, 1.165) is 0 Å². The number of carboxylic acids is 1. The highest BCUT2D eigenvalue weighted by Gasteiger charge is 2.66. The number of carboxylic acid groups (broad SMARTS) is 1. The van der Waals surface area contributed by atoms with Crippen molar-refractivity contribution in [1.82, 2.24) is 5.32 Å². The molecule has 1 fully saturated rings. The van der Waals surface area contributed by atoms with E-state index in [0.29, 0.717) is 30.4 Å². The molecule has 0 radical (unpaired) electrons. The predicted molar refractivity (Wildman–Crippen MR) is 98.4 cm³/mol. The number of rotatable bonds is 8. The first-order valence-corrected chi connectivity index (χ1v) is 9.04. The molecule has 0 saturated heterocycles. The van der Waals surface area contributed by atoms with Gasteiger partial charge < -0.3 is 19.9 Å². The van der Waals surface area contributed by atoms with Crippen molar-refractivity contribution in [3.8, 4) is 5.75 Å². The van der Waals surface area contributed by atoms with Gasteiger partial charge in [-0.15, -0.1) is 0 Å². The van der Waals surface area contributed by atoms with E-state index in [1.807, 2.05) is 34.6 Å². The molecule has 1 aromatic carbocycles. The van der Waals surface area contributed by atoms with Crippen molar-refractivity contribution in [2.24, 2.45) is 11.3 Å². The number of aliphatic carboxylic acids is 1. The molecule has 0 aliphatic heterocycles. The Morgan fingerprint density at radius 3 is 2.58 bits per heavy atom. The highest BCUT2D eigenvalue weighted by atomic mass is 16.5. The third-order valence-corrected chi connectivity index (χ3v) is 5.14. The topological polar surface area (TPSA) is 84.9 Å². The molecular weight excluding hydrogens is 334 g/mol. The fraction of sp³-hybridized carbons (Fsp3) is 0.600. The molecule has 1 aliphatic carbocycles. The van der Waals surface area contributed by atoms with Crippen LogP contribution in [0.1, 0.15) is 51.4 Å². The van der Waals surface area contributed by atoms with Crippen LogP contribution in [-0.4, -0.2) is 41.8 Å². The van der Waals surface area contributed by atoms with Crippen LogP contribution in [0.5, 0.6) is 5.75 Å². The maximum atomic E-state index is 12.7. The van der Waals surface area contributed by atoms with E-state index in [4.69, 9.17) is 9.47 Å². The first-order chi connectivity index (χ1) is 12.1. The predicted octanol–water partition coefficient (Wildman–Crippen LogP) is 3.11. The maximum absolute atomic E-state index is 12.7. The van der Waals surface area contributed by atoms with Crippen LogP contribution < -0.4 is 10.1 Å². The lowest BCUT2D eigenvalue weighted by atomic mass is 9.54. The van der Waals surface area contributed by atoms with Crippen LogP contribution in [0.15, 0.2) is 24.3 Å². The second-order valence-corrected chi connectivity index (χ2v) is 7.77. The van der Waals surface area contributed by atoms with Gasteiger partial charge in [0.2, 0.25) is 0 Å². The average molecular weight is 363 g/mol. The van der Waals surface area contributed by atoms with Gasteiger partial charge in [-0.25, -0.2) is 4.79 Å². The summed E-state index contributed by atoms with van der Waals surface area (Å²) in [6, 6.07) is 6.80. The van der Waals surface area contributed by atoms with Crippen molar-refractivity contribution < 1.29 is 24.2 Å². The van der Waals surface area contributed by atoms with Gasteiger partial charge in [0.1, 0.15) is 11.3 Å². The largest absolute Gasteiger partial charge is 0.493 e. The third-order valence-electron chi connectivity index (χ3n) is 5.14. The Bertz CT molecular complexity index is 670. The van der Waals surface area contributed by atoms with Crippen molar-refractivity contribution in [2.45, 2.75) is 52.7 Å². The fourth-order valence-electron chi connectivity index (χ4n) is 3.29. The molecular formula is C20H29NO5. The fourth-order valence-corrected chi connectivity index (χ4v) is 3.29. The lowest BCUT2D eigenvalue weighted by Crippen LogP contribution is -2.76. The minimum atomic E-state index is -1.35. The lowest BCUT2D eigenvalue weighted by Gasteiger charge is -2.58. The van der Waals surface area contributed by atoms with Gasteiger partial charge in [-0.05, 0) is 31.0 Å². The van der Waals surface area contributed by atoms with Crippen molar-refractivity contribution in [2.75, 3.05) is 13.2 Å². The van der Waals surface area contributed by atoms with Crippen molar-refractivity contribution >= 4 is 11.9 Å². The summed E-state index contributed by atoms with van der Waals surface area (Å²) in [5.41, 5.74) is -1.68. The zero-order valence-electron chi connectivity index (χ0n) is 16.2. The normalized spacial score (nSPS) is 24.0. The number of carbonyl (C=O) groups excluding carboxylic acids is 1. The van der Waals surface area contributed by atoms with Crippen LogP contribution in [-0.2, 0) is 9.53 Å². The zero-order valence-corrected chi connectivity index (χ0v) is 16.2. The molecule has 0 spiro atoms. The highest BCUT2D eigenvalue weighted by molar-refractivity contribution is 5.99. The van der Waals surface area contributed by atoms with Gasteiger partial charge in [-0.1, -0.05) is 33.8 Å². The molecule has 26 heavy (non-hydrogen) atoms. The average Bonchev–Trinajstić information content (AvgIpc) is 2.58. The Kier molecular flexibility index (Phi) is 5.96. The lowest BCUT2D eigenvalue weighted by molar-refractivity contribution is -0.190. The van der Waals surface area contributed by atoms with Crippen molar-refractivity contribution in [3.05, 3.63) is 29.8 Å². The minimum Gasteiger partial charge on any atom is -0.493 e. The molecule has 6 heteroatoms. The molecule has 2 rings (SSSR count). The monoisotopic (exact) mass is 363 g/mol. The Hall–Kier alpha value is -2.08.